The molecule has 0 aliphatic rings. The second-order valence-electron chi connectivity index (χ2n) is 0. The van der Waals surface area contributed by atoms with Crippen LogP contribution in [0.5, 0.6) is 0 Å². The molecule has 0 atom stereocenters. The van der Waals surface area contributed by atoms with Crippen LogP contribution < -0.4 is 24.8 Å². The number of hydrogen-bond acceptors (Lipinski definition) is 0. The van der Waals surface area contributed by atoms with Gasteiger partial charge in [0.25, 0.3) is 0 Å². The van der Waals surface area contributed by atoms with Gasteiger partial charge >= 0.3 is 0 Å². The molecular weight excluding hydrogens is 273 g/mol. The first-order valence-electron chi connectivity index (χ1n) is 1.00. The summed E-state index contributed by atoms with van der Waals surface area (Å²) in [5.41, 5.74) is 0. The molecule has 0 radical (unpaired) electrons. The fourth-order valence-electron chi connectivity index (χ4n) is 0. The molecule has 0 saturated heterocycles. The van der Waals surface area contributed by atoms with Crippen LogP contribution >= 0.6 is 0 Å². The summed E-state index contributed by atoms with van der Waals surface area (Å²) < 4.78 is 0. The molecule has 34 valence electrons. The van der Waals surface area contributed by atoms with Crippen LogP contribution in [0.3, 0.4) is 0 Å². The van der Waals surface area contributed by atoms with E-state index < -0.39 is 0 Å². The SMILES string of the molecule is CC.[Cl-].[Cl-].[Hf]. The fraction of sp³-hybridized carbons (Fsp3) is 1.00. The number of hydrogen-bond donors (Lipinski definition) is 0. The first kappa shape index (κ1) is 31.9. The van der Waals surface area contributed by atoms with Crippen LogP contribution in [0.4, 0.5) is 0 Å². The molecule has 0 aromatic heterocycles. The van der Waals surface area contributed by atoms with Crippen molar-refractivity contribution in [2.75, 3.05) is 0 Å². The second kappa shape index (κ2) is 51.3. The molecule has 0 fully saturated rings. The summed E-state index contributed by atoms with van der Waals surface area (Å²) in [6.45, 7) is 4.00. The van der Waals surface area contributed by atoms with Crippen LogP contribution in [0.2, 0.25) is 0 Å². The van der Waals surface area contributed by atoms with Crippen LogP contribution in [-0.2, 0) is 25.8 Å². The van der Waals surface area contributed by atoms with Gasteiger partial charge in [-0.25, -0.2) is 0 Å². The predicted octanol–water partition coefficient (Wildman–Crippen LogP) is -4.97. The molecule has 0 bridgehead atoms. The van der Waals surface area contributed by atoms with Gasteiger partial charge in [-0.2, -0.15) is 0 Å². The van der Waals surface area contributed by atoms with E-state index in [0.29, 0.717) is 0 Å². The Labute approximate surface area is 64.3 Å². The van der Waals surface area contributed by atoms with Crippen molar-refractivity contribution in [1.82, 2.24) is 0 Å². The van der Waals surface area contributed by atoms with Crippen LogP contribution in [-0.4, -0.2) is 0 Å². The molecule has 0 spiro atoms. The maximum absolute atomic E-state index is 2.00. The molecule has 0 aromatic carbocycles. The van der Waals surface area contributed by atoms with Crippen molar-refractivity contribution < 1.29 is 50.7 Å². The molecule has 0 N–H and O–H groups in total. The summed E-state index contributed by atoms with van der Waals surface area (Å²) in [5.74, 6) is 0. The summed E-state index contributed by atoms with van der Waals surface area (Å²) in [5, 5.41) is 0. The Kier molecular flexibility index (Phi) is 328. The van der Waals surface area contributed by atoms with E-state index in [9.17, 15) is 0 Å². The van der Waals surface area contributed by atoms with Crippen LogP contribution in [0.1, 0.15) is 13.8 Å². The molecule has 0 rings (SSSR count). The minimum Gasteiger partial charge on any atom is -1.00 e. The summed E-state index contributed by atoms with van der Waals surface area (Å²) in [6, 6.07) is 0. The van der Waals surface area contributed by atoms with Crippen molar-refractivity contribution in [3.8, 4) is 0 Å². The normalized spacial score (nSPS) is 1.20. The average molecular weight is 279 g/mol. The molecule has 0 amide bonds. The van der Waals surface area contributed by atoms with E-state index in [1.54, 1.807) is 0 Å². The molecule has 0 heterocycles. The van der Waals surface area contributed by atoms with Crippen molar-refractivity contribution in [1.29, 1.82) is 0 Å². The topological polar surface area (TPSA) is 0 Å². The maximum atomic E-state index is 2.00. The summed E-state index contributed by atoms with van der Waals surface area (Å²) in [4.78, 5) is 0. The quantitative estimate of drug-likeness (QED) is 0.390. The van der Waals surface area contributed by atoms with Gasteiger partial charge in [0.15, 0.2) is 0 Å². The minimum atomic E-state index is 0. The Morgan fingerprint density at radius 3 is 0.800 bits per heavy atom. The third-order valence-electron chi connectivity index (χ3n) is 0. The van der Waals surface area contributed by atoms with E-state index in [4.69, 9.17) is 0 Å². The Balaban J connectivity index is -0.00000000167. The van der Waals surface area contributed by atoms with Gasteiger partial charge in [-0.3, -0.25) is 0 Å². The van der Waals surface area contributed by atoms with Crippen LogP contribution in [0.15, 0.2) is 0 Å². The van der Waals surface area contributed by atoms with E-state index in [0.717, 1.165) is 0 Å². The molecule has 3 heteroatoms. The van der Waals surface area contributed by atoms with Gasteiger partial charge in [-0.15, -0.1) is 0 Å². The zero-order valence-corrected chi connectivity index (χ0v) is 8.36. The zero-order chi connectivity index (χ0) is 2.00. The Hall–Kier alpha value is 1.45. The van der Waals surface area contributed by atoms with Gasteiger partial charge in [0.1, 0.15) is 0 Å². The van der Waals surface area contributed by atoms with E-state index >= 15 is 0 Å². The van der Waals surface area contributed by atoms with Crippen molar-refractivity contribution in [3.63, 3.8) is 0 Å². The first-order chi connectivity index (χ1) is 1.00. The van der Waals surface area contributed by atoms with Gasteiger partial charge in [0.2, 0.25) is 0 Å². The molecule has 0 aliphatic heterocycles. The van der Waals surface area contributed by atoms with E-state index in [1.165, 1.54) is 0 Å². The monoisotopic (exact) mass is 280 g/mol. The van der Waals surface area contributed by atoms with Crippen molar-refractivity contribution in [2.45, 2.75) is 13.8 Å². The van der Waals surface area contributed by atoms with Gasteiger partial charge in [0.05, 0.1) is 0 Å². The maximum Gasteiger partial charge on any atom is 0 e. The Morgan fingerprint density at radius 2 is 0.800 bits per heavy atom. The van der Waals surface area contributed by atoms with Crippen molar-refractivity contribution in [2.24, 2.45) is 0 Å². The Bertz CT molecular complexity index is 7.61. The third kappa shape index (κ3) is 30.9. The van der Waals surface area contributed by atoms with Gasteiger partial charge in [-0.05, 0) is 0 Å². The minimum absolute atomic E-state index is 0. The van der Waals surface area contributed by atoms with Crippen molar-refractivity contribution >= 4 is 0 Å². The molecular formula is C2H6Cl2Hf-2. The van der Waals surface area contributed by atoms with E-state index in [-0.39, 0.29) is 50.7 Å². The standard InChI is InChI=1S/C2H6.2ClH.Hf/c1-2;;;/h1-2H3;2*1H;/p-2. The van der Waals surface area contributed by atoms with E-state index in [1.807, 2.05) is 13.8 Å². The molecule has 0 saturated carbocycles. The van der Waals surface area contributed by atoms with Gasteiger partial charge < -0.3 is 24.8 Å². The molecule has 0 aromatic rings. The first-order valence-corrected chi connectivity index (χ1v) is 1.00. The molecule has 0 unspecified atom stereocenters. The molecule has 0 nitrogen and oxygen atoms in total. The Morgan fingerprint density at radius 1 is 0.800 bits per heavy atom. The van der Waals surface area contributed by atoms with E-state index in [2.05, 4.69) is 0 Å². The summed E-state index contributed by atoms with van der Waals surface area (Å²) in [6.07, 6.45) is 0. The molecule has 5 heavy (non-hydrogen) atoms. The fourth-order valence-corrected chi connectivity index (χ4v) is 0. The average Bonchev–Trinajstić information content (AvgIpc) is 1.00. The summed E-state index contributed by atoms with van der Waals surface area (Å²) in [7, 11) is 0. The second-order valence-corrected chi connectivity index (χ2v) is 0. The zero-order valence-electron chi connectivity index (χ0n) is 3.26. The molecule has 0 aliphatic carbocycles. The number of halogens is 2. The smallest absolute Gasteiger partial charge is 0 e. The number of rotatable bonds is 0. The van der Waals surface area contributed by atoms with Crippen molar-refractivity contribution in [3.05, 3.63) is 0 Å². The van der Waals surface area contributed by atoms with Gasteiger partial charge in [0, 0.05) is 25.8 Å². The van der Waals surface area contributed by atoms with Gasteiger partial charge in [-0.1, -0.05) is 13.8 Å². The third-order valence-corrected chi connectivity index (χ3v) is 0. The summed E-state index contributed by atoms with van der Waals surface area (Å²) >= 11 is 0. The van der Waals surface area contributed by atoms with Crippen LogP contribution in [0, 0.1) is 0 Å². The predicted molar refractivity (Wildman–Crippen MR) is 11.3 cm³/mol. The largest absolute Gasteiger partial charge is 1.00 e. The van der Waals surface area contributed by atoms with Crippen LogP contribution in [0.25, 0.3) is 0 Å².